The summed E-state index contributed by atoms with van der Waals surface area (Å²) in [7, 11) is 3.11. The van der Waals surface area contributed by atoms with Gasteiger partial charge in [0, 0.05) is 14.2 Å². The number of ether oxygens (including phenoxy) is 6. The Morgan fingerprint density at radius 3 is 2.00 bits per heavy atom. The molecule has 2 saturated heterocycles. The highest BCUT2D eigenvalue weighted by molar-refractivity contribution is 6.21. The lowest BCUT2D eigenvalue weighted by Gasteiger charge is -2.29. The molecule has 2 rings (SSSR count). The van der Waals surface area contributed by atoms with Crippen molar-refractivity contribution >= 4 is 11.6 Å². The summed E-state index contributed by atoms with van der Waals surface area (Å²) in [6, 6.07) is 0. The molecule has 21 heavy (non-hydrogen) atoms. The molecule has 0 aromatic heterocycles. The Hall–Kier alpha value is 0.0500. The molecule has 124 valence electrons. The molecule has 0 saturated carbocycles. The van der Waals surface area contributed by atoms with Crippen LogP contribution in [-0.2, 0) is 28.4 Å². The number of alkyl halides is 1. The standard InChI is InChI=1S/C14H25ClO6/c1-13(2)18-7-8(19-13)9(15)10-11(12(16-5)17-6)21-14(3,4)20-10/h8-12H,7H2,1-6H3/t8-,9+,10+,11-/m1/s1. The second-order valence-electron chi connectivity index (χ2n) is 6.22. The molecule has 0 aliphatic carbocycles. The van der Waals surface area contributed by atoms with Crippen LogP contribution in [0.1, 0.15) is 27.7 Å². The lowest BCUT2D eigenvalue weighted by Crippen LogP contribution is -2.47. The summed E-state index contributed by atoms with van der Waals surface area (Å²) in [5.74, 6) is -1.39. The van der Waals surface area contributed by atoms with Gasteiger partial charge in [0.2, 0.25) is 0 Å². The smallest absolute Gasteiger partial charge is 0.185 e. The van der Waals surface area contributed by atoms with Gasteiger partial charge in [-0.1, -0.05) is 0 Å². The third-order valence-corrected chi connectivity index (χ3v) is 4.13. The summed E-state index contributed by atoms with van der Waals surface area (Å²) in [5.41, 5.74) is 0. The van der Waals surface area contributed by atoms with E-state index in [4.69, 9.17) is 40.0 Å². The number of methoxy groups -OCH3 is 2. The summed E-state index contributed by atoms with van der Waals surface area (Å²) in [6.07, 6.45) is -1.70. The first-order valence-electron chi connectivity index (χ1n) is 7.06. The van der Waals surface area contributed by atoms with Crippen molar-refractivity contribution in [1.29, 1.82) is 0 Å². The Kier molecular flexibility index (Phi) is 5.20. The maximum atomic E-state index is 6.58. The van der Waals surface area contributed by atoms with Crippen LogP contribution in [0.4, 0.5) is 0 Å². The van der Waals surface area contributed by atoms with Gasteiger partial charge in [0.15, 0.2) is 17.9 Å². The molecule has 2 fully saturated rings. The highest BCUT2D eigenvalue weighted by atomic mass is 35.5. The number of rotatable bonds is 5. The molecule has 0 spiro atoms. The summed E-state index contributed by atoms with van der Waals surface area (Å²) in [4.78, 5) is 0. The highest BCUT2D eigenvalue weighted by Gasteiger charge is 2.52. The van der Waals surface area contributed by atoms with Gasteiger partial charge in [-0.05, 0) is 27.7 Å². The largest absolute Gasteiger partial charge is 0.353 e. The first kappa shape index (κ1) is 17.4. The number of hydrogen-bond acceptors (Lipinski definition) is 6. The molecule has 0 bridgehead atoms. The fraction of sp³-hybridized carbons (Fsp3) is 1.00. The predicted octanol–water partition coefficient (Wildman–Crippen LogP) is 1.88. The van der Waals surface area contributed by atoms with Gasteiger partial charge >= 0.3 is 0 Å². The van der Waals surface area contributed by atoms with Crippen LogP contribution in [-0.4, -0.2) is 62.4 Å². The lowest BCUT2D eigenvalue weighted by atomic mass is 10.1. The molecule has 0 unspecified atom stereocenters. The molecular formula is C14H25ClO6. The molecule has 0 N–H and O–H groups in total. The predicted molar refractivity (Wildman–Crippen MR) is 76.2 cm³/mol. The van der Waals surface area contributed by atoms with E-state index in [1.807, 2.05) is 27.7 Å². The second-order valence-corrected chi connectivity index (χ2v) is 6.72. The Morgan fingerprint density at radius 1 is 0.952 bits per heavy atom. The van der Waals surface area contributed by atoms with Crippen LogP contribution in [0.15, 0.2) is 0 Å². The van der Waals surface area contributed by atoms with Gasteiger partial charge in [-0.3, -0.25) is 0 Å². The quantitative estimate of drug-likeness (QED) is 0.568. The van der Waals surface area contributed by atoms with E-state index in [0.717, 1.165) is 0 Å². The minimum Gasteiger partial charge on any atom is -0.353 e. The topological polar surface area (TPSA) is 55.4 Å². The van der Waals surface area contributed by atoms with E-state index in [2.05, 4.69) is 0 Å². The van der Waals surface area contributed by atoms with Crippen molar-refractivity contribution in [3.8, 4) is 0 Å². The Labute approximate surface area is 130 Å². The Bertz CT molecular complexity index is 357. The zero-order chi connectivity index (χ0) is 15.8. The van der Waals surface area contributed by atoms with Crippen LogP contribution in [0, 0.1) is 0 Å². The molecule has 2 aliphatic heterocycles. The SMILES string of the molecule is COC(OC)[C@@H]1OC(C)(C)O[C@H]1[C@@H](Cl)[C@H]1COC(C)(C)O1. The molecule has 0 aromatic carbocycles. The van der Waals surface area contributed by atoms with Gasteiger partial charge in [-0.25, -0.2) is 0 Å². The van der Waals surface area contributed by atoms with E-state index >= 15 is 0 Å². The van der Waals surface area contributed by atoms with Crippen molar-refractivity contribution in [2.45, 2.75) is 69.2 Å². The van der Waals surface area contributed by atoms with Crippen LogP contribution >= 0.6 is 11.6 Å². The average molecular weight is 325 g/mol. The van der Waals surface area contributed by atoms with Crippen molar-refractivity contribution in [3.63, 3.8) is 0 Å². The lowest BCUT2D eigenvalue weighted by molar-refractivity contribution is -0.201. The fourth-order valence-electron chi connectivity index (χ4n) is 2.72. The second kappa shape index (κ2) is 6.28. The molecule has 6 nitrogen and oxygen atoms in total. The van der Waals surface area contributed by atoms with Crippen molar-refractivity contribution in [1.82, 2.24) is 0 Å². The number of hydrogen-bond donors (Lipinski definition) is 0. The third-order valence-electron chi connectivity index (χ3n) is 3.60. The third kappa shape index (κ3) is 3.88. The molecule has 0 aromatic rings. The molecular weight excluding hydrogens is 300 g/mol. The summed E-state index contributed by atoms with van der Waals surface area (Å²) >= 11 is 6.58. The zero-order valence-electron chi connectivity index (χ0n) is 13.4. The first-order chi connectivity index (χ1) is 9.69. The van der Waals surface area contributed by atoms with Crippen LogP contribution < -0.4 is 0 Å². The van der Waals surface area contributed by atoms with Gasteiger partial charge < -0.3 is 28.4 Å². The maximum Gasteiger partial charge on any atom is 0.185 e. The van der Waals surface area contributed by atoms with Gasteiger partial charge in [-0.2, -0.15) is 0 Å². The van der Waals surface area contributed by atoms with Crippen LogP contribution in [0.2, 0.25) is 0 Å². The average Bonchev–Trinajstić information content (AvgIpc) is 2.90. The van der Waals surface area contributed by atoms with Crippen molar-refractivity contribution in [2.24, 2.45) is 0 Å². The van der Waals surface area contributed by atoms with E-state index in [-0.39, 0.29) is 6.10 Å². The van der Waals surface area contributed by atoms with Gasteiger partial charge in [0.05, 0.1) is 12.0 Å². The summed E-state index contributed by atoms with van der Waals surface area (Å²) in [5, 5.41) is -0.439. The van der Waals surface area contributed by atoms with Crippen molar-refractivity contribution < 1.29 is 28.4 Å². The van der Waals surface area contributed by atoms with Gasteiger partial charge in [0.25, 0.3) is 0 Å². The molecule has 0 radical (unpaired) electrons. The van der Waals surface area contributed by atoms with Crippen LogP contribution in [0.5, 0.6) is 0 Å². The molecule has 4 atom stereocenters. The van der Waals surface area contributed by atoms with Crippen LogP contribution in [0.3, 0.4) is 0 Å². The molecule has 0 amide bonds. The van der Waals surface area contributed by atoms with E-state index in [9.17, 15) is 0 Å². The minimum absolute atomic E-state index is 0.277. The monoisotopic (exact) mass is 324 g/mol. The van der Waals surface area contributed by atoms with Gasteiger partial charge in [0.1, 0.15) is 18.3 Å². The normalized spacial score (nSPS) is 36.3. The Morgan fingerprint density at radius 2 is 1.52 bits per heavy atom. The number of halogens is 1. The van der Waals surface area contributed by atoms with Crippen LogP contribution in [0.25, 0.3) is 0 Å². The van der Waals surface area contributed by atoms with E-state index in [1.54, 1.807) is 14.2 Å². The summed E-state index contributed by atoms with van der Waals surface area (Å²) < 4.78 is 33.8. The fourth-order valence-corrected chi connectivity index (χ4v) is 3.04. The van der Waals surface area contributed by atoms with E-state index in [1.165, 1.54) is 0 Å². The molecule has 2 heterocycles. The molecule has 7 heteroatoms. The minimum atomic E-state index is -0.757. The zero-order valence-corrected chi connectivity index (χ0v) is 14.2. The highest BCUT2D eigenvalue weighted by Crippen LogP contribution is 2.38. The first-order valence-corrected chi connectivity index (χ1v) is 7.50. The van der Waals surface area contributed by atoms with E-state index in [0.29, 0.717) is 6.61 Å². The van der Waals surface area contributed by atoms with Crippen molar-refractivity contribution in [3.05, 3.63) is 0 Å². The maximum absolute atomic E-state index is 6.58. The summed E-state index contributed by atoms with van der Waals surface area (Å²) in [6.45, 7) is 7.80. The van der Waals surface area contributed by atoms with Gasteiger partial charge in [-0.15, -0.1) is 11.6 Å². The Balaban J connectivity index is 2.11. The van der Waals surface area contributed by atoms with E-state index < -0.39 is 35.4 Å². The van der Waals surface area contributed by atoms with Crippen molar-refractivity contribution in [2.75, 3.05) is 20.8 Å². The molecule has 2 aliphatic rings.